The van der Waals surface area contributed by atoms with Crippen LogP contribution in [0.4, 0.5) is 4.79 Å². The number of hydrogen-bond donors (Lipinski definition) is 1. The molecule has 34 heavy (non-hydrogen) atoms. The number of pyridine rings is 1. The number of nitrogens with zero attached hydrogens (tertiary/aromatic N) is 2. The summed E-state index contributed by atoms with van der Waals surface area (Å²) in [6.07, 6.45) is 2.51. The predicted molar refractivity (Wildman–Crippen MR) is 134 cm³/mol. The third kappa shape index (κ3) is 5.41. The first kappa shape index (κ1) is 23.8. The van der Waals surface area contributed by atoms with Crippen molar-refractivity contribution in [3.8, 4) is 0 Å². The van der Waals surface area contributed by atoms with Gasteiger partial charge in [0, 0.05) is 30.4 Å². The third-order valence-corrected chi connectivity index (χ3v) is 6.23. The molecule has 0 saturated carbocycles. The molecule has 1 N–H and O–H groups in total. The van der Waals surface area contributed by atoms with Gasteiger partial charge in [0.2, 0.25) is 5.91 Å². The highest BCUT2D eigenvalue weighted by molar-refractivity contribution is 5.94. The first-order valence-corrected chi connectivity index (χ1v) is 12.0. The quantitative estimate of drug-likeness (QED) is 0.572. The van der Waals surface area contributed by atoms with Crippen molar-refractivity contribution in [2.24, 2.45) is 5.92 Å². The van der Waals surface area contributed by atoms with Crippen LogP contribution >= 0.6 is 0 Å². The van der Waals surface area contributed by atoms with Gasteiger partial charge in [0.05, 0.1) is 11.0 Å². The van der Waals surface area contributed by atoms with E-state index in [2.05, 4.69) is 5.32 Å². The van der Waals surface area contributed by atoms with E-state index in [9.17, 15) is 14.4 Å². The topological polar surface area (TPSA) is 80.6 Å². The van der Waals surface area contributed by atoms with Crippen LogP contribution in [0.1, 0.15) is 40.0 Å². The van der Waals surface area contributed by atoms with Crippen LogP contribution in [0.5, 0.6) is 0 Å². The van der Waals surface area contributed by atoms with Crippen molar-refractivity contribution < 1.29 is 14.3 Å². The summed E-state index contributed by atoms with van der Waals surface area (Å²) in [5.74, 6) is 0.231. The Morgan fingerprint density at radius 2 is 1.65 bits per heavy atom. The zero-order valence-corrected chi connectivity index (χ0v) is 20.2. The van der Waals surface area contributed by atoms with E-state index in [1.165, 1.54) is 0 Å². The Morgan fingerprint density at radius 3 is 2.26 bits per heavy atom. The third-order valence-electron chi connectivity index (χ3n) is 6.23. The van der Waals surface area contributed by atoms with E-state index < -0.39 is 5.60 Å². The number of nitrogens with one attached hydrogen (secondary N) is 1. The van der Waals surface area contributed by atoms with Gasteiger partial charge in [-0.2, -0.15) is 0 Å². The van der Waals surface area contributed by atoms with Crippen molar-refractivity contribution in [2.75, 3.05) is 19.6 Å². The molecule has 7 nitrogen and oxygen atoms in total. The first-order valence-electron chi connectivity index (χ1n) is 12.0. The molecule has 1 fully saturated rings. The number of amides is 2. The number of benzene rings is 2. The van der Waals surface area contributed by atoms with Gasteiger partial charge >= 0.3 is 6.09 Å². The first-order chi connectivity index (χ1) is 16.2. The molecule has 7 heteroatoms. The number of ether oxygens (including phenoxy) is 1. The van der Waals surface area contributed by atoms with E-state index >= 15 is 0 Å². The van der Waals surface area contributed by atoms with E-state index in [1.807, 2.05) is 61.7 Å². The van der Waals surface area contributed by atoms with Crippen molar-refractivity contribution in [1.29, 1.82) is 0 Å². The second-order valence-corrected chi connectivity index (χ2v) is 10.0. The van der Waals surface area contributed by atoms with E-state index in [0.717, 1.165) is 30.3 Å². The molecule has 2 heterocycles. The Morgan fingerprint density at radius 1 is 1.03 bits per heavy atom. The maximum atomic E-state index is 12.9. The molecule has 1 saturated heterocycles. The molecule has 0 bridgehead atoms. The molecular weight excluding hydrogens is 430 g/mol. The van der Waals surface area contributed by atoms with Crippen LogP contribution in [0.3, 0.4) is 0 Å². The molecule has 1 atom stereocenters. The van der Waals surface area contributed by atoms with Crippen LogP contribution in [-0.4, -0.2) is 46.7 Å². The zero-order chi connectivity index (χ0) is 24.3. The van der Waals surface area contributed by atoms with Crippen LogP contribution in [0.25, 0.3) is 21.8 Å². The lowest BCUT2D eigenvalue weighted by Gasteiger charge is -2.34. The van der Waals surface area contributed by atoms with Gasteiger partial charge in [0.25, 0.3) is 0 Å². The average molecular weight is 464 g/mol. The summed E-state index contributed by atoms with van der Waals surface area (Å²) >= 11 is 0. The summed E-state index contributed by atoms with van der Waals surface area (Å²) < 4.78 is 7.41. The lowest BCUT2D eigenvalue weighted by molar-refractivity contribution is -0.121. The van der Waals surface area contributed by atoms with E-state index in [-0.39, 0.29) is 24.0 Å². The van der Waals surface area contributed by atoms with Crippen LogP contribution in [-0.2, 0) is 16.1 Å². The van der Waals surface area contributed by atoms with Gasteiger partial charge in [-0.25, -0.2) is 4.79 Å². The van der Waals surface area contributed by atoms with E-state index in [0.29, 0.717) is 36.3 Å². The summed E-state index contributed by atoms with van der Waals surface area (Å²) in [5, 5.41) is 4.25. The number of carbonyl (C=O) groups is 2. The molecule has 180 valence electrons. The molecule has 1 aromatic heterocycles. The molecule has 2 amide bonds. The predicted octanol–water partition coefficient (Wildman–Crippen LogP) is 4.31. The maximum absolute atomic E-state index is 12.9. The van der Waals surface area contributed by atoms with Gasteiger partial charge in [0.15, 0.2) is 5.43 Å². The number of carbonyl (C=O) groups excluding carboxylic acids is 2. The number of rotatable bonds is 5. The number of para-hydroxylation sites is 2. The monoisotopic (exact) mass is 463 g/mol. The Bertz CT molecular complexity index is 1200. The molecule has 1 unspecified atom stereocenters. The lowest BCUT2D eigenvalue weighted by atomic mass is 9.95. The number of piperidine rings is 1. The minimum Gasteiger partial charge on any atom is -0.444 e. The Kier molecular flexibility index (Phi) is 6.91. The molecule has 2 aromatic carbocycles. The van der Waals surface area contributed by atoms with Crippen molar-refractivity contribution in [2.45, 2.75) is 52.2 Å². The van der Waals surface area contributed by atoms with Gasteiger partial charge in [-0.15, -0.1) is 0 Å². The average Bonchev–Trinajstić information content (AvgIpc) is 2.81. The van der Waals surface area contributed by atoms with Crippen LogP contribution < -0.4 is 10.7 Å². The largest absolute Gasteiger partial charge is 0.444 e. The number of aromatic nitrogens is 1. The fourth-order valence-electron chi connectivity index (χ4n) is 4.66. The fraction of sp³-hybridized carbons (Fsp3) is 0.444. The highest BCUT2D eigenvalue weighted by atomic mass is 16.6. The normalized spacial score (nSPS) is 16.6. The van der Waals surface area contributed by atoms with E-state index in [1.54, 1.807) is 17.0 Å². The molecule has 0 radical (unpaired) electrons. The van der Waals surface area contributed by atoms with Gasteiger partial charge in [-0.05, 0) is 70.2 Å². The summed E-state index contributed by atoms with van der Waals surface area (Å²) in [5.41, 5.74) is 0.979. The number of hydrogen-bond acceptors (Lipinski definition) is 4. The molecule has 3 aromatic rings. The zero-order valence-electron chi connectivity index (χ0n) is 20.2. The molecule has 0 spiro atoms. The number of fused-ring (bicyclic) bond motifs is 2. The minimum atomic E-state index is -0.506. The van der Waals surface area contributed by atoms with Crippen molar-refractivity contribution >= 4 is 33.8 Å². The van der Waals surface area contributed by atoms with Crippen LogP contribution in [0.2, 0.25) is 0 Å². The summed E-state index contributed by atoms with van der Waals surface area (Å²) in [4.78, 5) is 39.9. The Hall–Kier alpha value is -3.35. The lowest BCUT2D eigenvalue weighted by Crippen LogP contribution is -2.43. The van der Waals surface area contributed by atoms with Gasteiger partial charge in [0.1, 0.15) is 12.1 Å². The molecule has 1 aliphatic rings. The van der Waals surface area contributed by atoms with E-state index in [4.69, 9.17) is 4.74 Å². The fourth-order valence-corrected chi connectivity index (χ4v) is 4.66. The highest BCUT2D eigenvalue weighted by Gasteiger charge is 2.27. The summed E-state index contributed by atoms with van der Waals surface area (Å²) in [7, 11) is 0. The van der Waals surface area contributed by atoms with Crippen LogP contribution in [0.15, 0.2) is 53.3 Å². The van der Waals surface area contributed by atoms with Gasteiger partial charge in [-0.3, -0.25) is 9.59 Å². The molecule has 0 aliphatic carbocycles. The molecular formula is C27H33N3O4. The van der Waals surface area contributed by atoms with Crippen molar-refractivity contribution in [3.63, 3.8) is 0 Å². The van der Waals surface area contributed by atoms with Crippen LogP contribution in [0, 0.1) is 5.92 Å². The molecule has 4 rings (SSSR count). The minimum absolute atomic E-state index is 0.0188. The Balaban J connectivity index is 1.39. The standard InChI is InChI=1S/C27H33N3O4/c1-27(2,3)34-26(33)29-16-8-9-19(17-29)14-15-28-24(31)18-30-22-12-6-4-10-20(22)25(32)21-11-5-7-13-23(21)30/h4-7,10-13,19H,8-9,14-18H2,1-3H3,(H,28,31). The SMILES string of the molecule is CC(C)(C)OC(=O)N1CCCC(CCNC(=O)Cn2c3ccccc3c(=O)c3ccccc32)C1. The maximum Gasteiger partial charge on any atom is 0.410 e. The second kappa shape index (κ2) is 9.87. The van der Waals surface area contributed by atoms with Crippen molar-refractivity contribution in [1.82, 2.24) is 14.8 Å². The van der Waals surface area contributed by atoms with Crippen molar-refractivity contribution in [3.05, 3.63) is 58.8 Å². The summed E-state index contributed by atoms with van der Waals surface area (Å²) in [6, 6.07) is 14.8. The van der Waals surface area contributed by atoms with Gasteiger partial charge < -0.3 is 19.5 Å². The number of likely N-dealkylation sites (tertiary alicyclic amines) is 1. The summed E-state index contributed by atoms with van der Waals surface area (Å²) in [6.45, 7) is 7.66. The Labute approximate surface area is 199 Å². The van der Waals surface area contributed by atoms with Gasteiger partial charge in [-0.1, -0.05) is 24.3 Å². The highest BCUT2D eigenvalue weighted by Crippen LogP contribution is 2.22. The smallest absolute Gasteiger partial charge is 0.410 e. The molecule has 1 aliphatic heterocycles. The second-order valence-electron chi connectivity index (χ2n) is 10.0.